The van der Waals surface area contributed by atoms with Crippen LogP contribution in [-0.4, -0.2) is 49.6 Å². The normalized spacial score (nSPS) is 13.6. The summed E-state index contributed by atoms with van der Waals surface area (Å²) in [5.41, 5.74) is 4.76. The van der Waals surface area contributed by atoms with Crippen LogP contribution in [0, 0.1) is 11.7 Å². The number of thiazole rings is 1. The first-order valence-electron chi connectivity index (χ1n) is 9.98. The van der Waals surface area contributed by atoms with E-state index in [0.29, 0.717) is 16.6 Å². The number of carbonyl (C=O) groups is 2. The second kappa shape index (κ2) is 8.19. The van der Waals surface area contributed by atoms with Gasteiger partial charge in [0.05, 0.1) is 23.2 Å². The number of amides is 1. The zero-order valence-corrected chi connectivity index (χ0v) is 18.1. The zero-order valence-electron chi connectivity index (χ0n) is 17.3. The predicted molar refractivity (Wildman–Crippen MR) is 123 cm³/mol. The van der Waals surface area contributed by atoms with Crippen molar-refractivity contribution >= 4 is 51.6 Å². The molecule has 0 radical (unpaired) electrons. The molecule has 1 amide bonds. The van der Waals surface area contributed by atoms with E-state index in [0.717, 1.165) is 12.3 Å². The number of anilines is 3. The molecule has 4 N–H and O–H groups in total. The summed E-state index contributed by atoms with van der Waals surface area (Å²) in [6.07, 6.45) is 4.07. The molecule has 11 nitrogen and oxygen atoms in total. The number of carboxylic acids is 1. The minimum Gasteiger partial charge on any atom is -0.477 e. The Morgan fingerprint density at radius 3 is 2.71 bits per heavy atom. The lowest BCUT2D eigenvalue weighted by Gasteiger charge is -2.39. The minimum atomic E-state index is -1.44. The summed E-state index contributed by atoms with van der Waals surface area (Å²) in [5.74, 6) is -2.62. The Balaban J connectivity index is 1.45. The molecule has 1 aliphatic heterocycles. The summed E-state index contributed by atoms with van der Waals surface area (Å²) in [6, 6.07) is 4.17. The molecule has 1 fully saturated rings. The van der Waals surface area contributed by atoms with Gasteiger partial charge in [0.15, 0.2) is 22.4 Å². The quantitative estimate of drug-likeness (QED) is 0.386. The van der Waals surface area contributed by atoms with Crippen molar-refractivity contribution in [1.29, 1.82) is 0 Å². The maximum absolute atomic E-state index is 15.0. The number of hydrogen-bond donors (Lipinski definition) is 3. The Hall–Kier alpha value is -4.39. The number of nitrogens with one attached hydrogen (secondary N) is 1. The van der Waals surface area contributed by atoms with Crippen LogP contribution in [0.2, 0.25) is 0 Å². The molecular weight excluding hydrogens is 465 g/mol. The summed E-state index contributed by atoms with van der Waals surface area (Å²) in [7, 11) is 0. The van der Waals surface area contributed by atoms with E-state index in [-0.39, 0.29) is 35.8 Å². The molecule has 0 saturated carbocycles. The monoisotopic (exact) mass is 481 g/mol. The molecule has 1 aliphatic rings. The summed E-state index contributed by atoms with van der Waals surface area (Å²) in [6.45, 7) is 0.399. The Labute approximate surface area is 194 Å². The fraction of sp³-hybridized carbons (Fsp3) is 0.143. The predicted octanol–water partition coefficient (Wildman–Crippen LogP) is 1.73. The van der Waals surface area contributed by atoms with Gasteiger partial charge in [0.1, 0.15) is 11.4 Å². The Morgan fingerprint density at radius 2 is 2.06 bits per heavy atom. The highest BCUT2D eigenvalue weighted by Gasteiger charge is 2.35. The Bertz CT molecular complexity index is 1480. The van der Waals surface area contributed by atoms with Gasteiger partial charge in [-0.3, -0.25) is 14.2 Å². The second-order valence-electron chi connectivity index (χ2n) is 7.59. The number of nitrogens with two attached hydrogens (primary N) is 1. The molecular formula is C21H16FN7O4S. The van der Waals surface area contributed by atoms with Crippen molar-refractivity contribution in [2.24, 2.45) is 5.92 Å². The van der Waals surface area contributed by atoms with Crippen molar-refractivity contribution in [1.82, 2.24) is 19.5 Å². The van der Waals surface area contributed by atoms with E-state index >= 15 is 0 Å². The number of aromatic carboxylic acids is 1. The van der Waals surface area contributed by atoms with Gasteiger partial charge >= 0.3 is 5.97 Å². The average Bonchev–Trinajstić information content (AvgIpc) is 3.30. The highest BCUT2D eigenvalue weighted by atomic mass is 32.1. The first kappa shape index (κ1) is 21.5. The molecule has 4 aromatic heterocycles. The molecule has 0 unspecified atom stereocenters. The second-order valence-corrected chi connectivity index (χ2v) is 8.47. The van der Waals surface area contributed by atoms with Crippen molar-refractivity contribution in [3.8, 4) is 5.13 Å². The summed E-state index contributed by atoms with van der Waals surface area (Å²) < 4.78 is 16.3. The van der Waals surface area contributed by atoms with Gasteiger partial charge in [-0.05, 0) is 18.2 Å². The molecule has 0 aliphatic carbocycles. The van der Waals surface area contributed by atoms with Gasteiger partial charge in [-0.15, -0.1) is 11.3 Å². The zero-order chi connectivity index (χ0) is 24.0. The van der Waals surface area contributed by atoms with Gasteiger partial charge in [0.2, 0.25) is 11.3 Å². The van der Waals surface area contributed by atoms with Gasteiger partial charge in [0.25, 0.3) is 0 Å². The van der Waals surface area contributed by atoms with E-state index in [2.05, 4.69) is 20.3 Å². The van der Waals surface area contributed by atoms with E-state index in [1.807, 2.05) is 0 Å². The van der Waals surface area contributed by atoms with Crippen LogP contribution in [-0.2, 0) is 4.79 Å². The standard InChI is InChI=1S/C21H16FN7O4S/c22-14-5-12-16(30)13(20(32)33)9-29(21-24-3-4-34-21)17(12)27-18(14)28-7-10(8-28)19(31)26-15-2-1-11(23)6-25-15/h1-6,9-10H,7-8,23H2,(H,32,33)(H,25,26,31). The third-order valence-corrected chi connectivity index (χ3v) is 6.13. The van der Waals surface area contributed by atoms with E-state index in [1.54, 1.807) is 22.4 Å². The van der Waals surface area contributed by atoms with Crippen molar-refractivity contribution in [2.75, 3.05) is 29.0 Å². The number of nitrogens with zero attached hydrogens (tertiary/aromatic N) is 5. The van der Waals surface area contributed by atoms with Crippen LogP contribution in [0.1, 0.15) is 10.4 Å². The van der Waals surface area contributed by atoms with Crippen LogP contribution in [0.4, 0.5) is 21.7 Å². The number of fused-ring (bicyclic) bond motifs is 1. The third kappa shape index (κ3) is 3.71. The molecule has 172 valence electrons. The van der Waals surface area contributed by atoms with Crippen molar-refractivity contribution in [3.63, 3.8) is 0 Å². The van der Waals surface area contributed by atoms with Gasteiger partial charge in [-0.1, -0.05) is 0 Å². The van der Waals surface area contributed by atoms with Crippen molar-refractivity contribution in [2.45, 2.75) is 0 Å². The largest absolute Gasteiger partial charge is 0.477 e. The van der Waals surface area contributed by atoms with Gasteiger partial charge in [-0.25, -0.2) is 24.1 Å². The molecule has 34 heavy (non-hydrogen) atoms. The molecule has 13 heteroatoms. The molecule has 0 aromatic carbocycles. The first-order chi connectivity index (χ1) is 16.3. The topological polar surface area (TPSA) is 156 Å². The summed E-state index contributed by atoms with van der Waals surface area (Å²) in [5, 5.41) is 14.0. The number of halogens is 1. The number of pyridine rings is 3. The molecule has 5 rings (SSSR count). The molecule has 1 saturated heterocycles. The van der Waals surface area contributed by atoms with Crippen LogP contribution < -0.4 is 21.4 Å². The van der Waals surface area contributed by atoms with Crippen LogP contribution in [0.5, 0.6) is 0 Å². The highest BCUT2D eigenvalue weighted by molar-refractivity contribution is 7.12. The summed E-state index contributed by atoms with van der Waals surface area (Å²) in [4.78, 5) is 50.7. The lowest BCUT2D eigenvalue weighted by atomic mass is 9.99. The fourth-order valence-electron chi connectivity index (χ4n) is 3.59. The SMILES string of the molecule is Nc1ccc(NC(=O)C2CN(c3nc4c(cc3F)c(=O)c(C(=O)O)cn4-c3nccs3)C2)nc1. The van der Waals surface area contributed by atoms with Crippen LogP contribution >= 0.6 is 11.3 Å². The number of rotatable bonds is 5. The van der Waals surface area contributed by atoms with Gasteiger partial charge < -0.3 is 21.1 Å². The lowest BCUT2D eigenvalue weighted by Crippen LogP contribution is -2.52. The average molecular weight is 481 g/mol. The minimum absolute atomic E-state index is 0.0464. The van der Waals surface area contributed by atoms with Gasteiger partial charge in [-0.2, -0.15) is 0 Å². The number of hydrogen-bond acceptors (Lipinski definition) is 9. The molecule has 5 heterocycles. The maximum atomic E-state index is 15.0. The molecule has 0 bridgehead atoms. The molecule has 4 aromatic rings. The maximum Gasteiger partial charge on any atom is 0.341 e. The fourth-order valence-corrected chi connectivity index (χ4v) is 4.21. The highest BCUT2D eigenvalue weighted by Crippen LogP contribution is 2.29. The van der Waals surface area contributed by atoms with Crippen LogP contribution in [0.3, 0.4) is 0 Å². The van der Waals surface area contributed by atoms with Crippen molar-refractivity contribution < 1.29 is 19.1 Å². The smallest absolute Gasteiger partial charge is 0.341 e. The Morgan fingerprint density at radius 1 is 1.26 bits per heavy atom. The molecule has 0 spiro atoms. The van der Waals surface area contributed by atoms with E-state index in [4.69, 9.17) is 5.73 Å². The van der Waals surface area contributed by atoms with E-state index in [9.17, 15) is 23.9 Å². The van der Waals surface area contributed by atoms with Crippen LogP contribution in [0.15, 0.2) is 47.0 Å². The van der Waals surface area contributed by atoms with E-state index < -0.39 is 28.7 Å². The number of carbonyl (C=O) groups excluding carboxylic acids is 1. The van der Waals surface area contributed by atoms with E-state index in [1.165, 1.54) is 28.3 Å². The number of carboxylic acid groups (broad SMARTS) is 1. The number of aromatic nitrogens is 4. The molecule has 0 atom stereocenters. The van der Waals surface area contributed by atoms with Gasteiger partial charge in [0, 0.05) is 30.9 Å². The van der Waals surface area contributed by atoms with Crippen molar-refractivity contribution in [3.05, 3.63) is 63.8 Å². The number of nitrogen functional groups attached to an aromatic ring is 1. The summed E-state index contributed by atoms with van der Waals surface area (Å²) >= 11 is 1.20. The Kier molecular flexibility index (Phi) is 5.17. The first-order valence-corrected chi connectivity index (χ1v) is 10.9. The van der Waals surface area contributed by atoms with Crippen LogP contribution in [0.25, 0.3) is 16.2 Å². The lowest BCUT2D eigenvalue weighted by molar-refractivity contribution is -0.120. The third-order valence-electron chi connectivity index (χ3n) is 5.36.